The Morgan fingerprint density at radius 2 is 2.24 bits per heavy atom. The number of hydrogen-bond acceptors (Lipinski definition) is 6. The number of nitrogens with two attached hydrogens (primary N) is 1. The number of amides is 2. The van der Waals surface area contributed by atoms with E-state index >= 15 is 0 Å². The van der Waals surface area contributed by atoms with Crippen LogP contribution in [0.2, 0.25) is 0 Å². The molecule has 2 amide bonds. The van der Waals surface area contributed by atoms with Crippen molar-refractivity contribution in [2.75, 3.05) is 18.0 Å². The van der Waals surface area contributed by atoms with Gasteiger partial charge in [0, 0.05) is 12.1 Å². The minimum absolute atomic E-state index is 0.114. The Bertz CT molecular complexity index is 781. The van der Waals surface area contributed by atoms with Gasteiger partial charge in [0.05, 0.1) is 12.2 Å². The third kappa shape index (κ3) is 2.67. The molecule has 0 radical (unpaired) electrons. The molecule has 2 heterocycles. The third-order valence-corrected chi connectivity index (χ3v) is 6.25. The SMILES string of the molecule is NCC1CN(c2ccc(C3=NNC(=O)C4(CCC4)S3)c(F)c2)C(=O)O1. The van der Waals surface area contributed by atoms with Crippen molar-refractivity contribution in [3.05, 3.63) is 29.6 Å². The van der Waals surface area contributed by atoms with Crippen LogP contribution in [0, 0.1) is 5.82 Å². The van der Waals surface area contributed by atoms with Gasteiger partial charge in [0.1, 0.15) is 21.7 Å². The summed E-state index contributed by atoms with van der Waals surface area (Å²) in [6.07, 6.45) is 1.59. The first-order valence-electron chi connectivity index (χ1n) is 8.08. The quantitative estimate of drug-likeness (QED) is 0.848. The van der Waals surface area contributed by atoms with E-state index in [0.29, 0.717) is 22.8 Å². The molecule has 1 saturated heterocycles. The number of ether oxygens (including phenoxy) is 1. The lowest BCUT2D eigenvalue weighted by molar-refractivity contribution is -0.125. The highest BCUT2D eigenvalue weighted by Gasteiger charge is 2.48. The molecule has 4 rings (SSSR count). The topological polar surface area (TPSA) is 97.0 Å². The van der Waals surface area contributed by atoms with Gasteiger partial charge in [-0.2, -0.15) is 5.10 Å². The number of cyclic esters (lactones) is 1. The van der Waals surface area contributed by atoms with E-state index in [4.69, 9.17) is 10.5 Å². The van der Waals surface area contributed by atoms with Gasteiger partial charge in [-0.25, -0.2) is 14.6 Å². The number of carbonyl (C=O) groups excluding carboxylic acids is 2. The van der Waals surface area contributed by atoms with Gasteiger partial charge < -0.3 is 10.5 Å². The number of hydrogen-bond donors (Lipinski definition) is 2. The largest absolute Gasteiger partial charge is 0.443 e. The lowest BCUT2D eigenvalue weighted by Gasteiger charge is -2.41. The summed E-state index contributed by atoms with van der Waals surface area (Å²) in [4.78, 5) is 25.2. The van der Waals surface area contributed by atoms with Crippen molar-refractivity contribution in [2.45, 2.75) is 30.1 Å². The number of benzene rings is 1. The average molecular weight is 364 g/mol. The molecule has 3 aliphatic rings. The molecule has 2 aliphatic heterocycles. The summed E-state index contributed by atoms with van der Waals surface area (Å²) in [5.74, 6) is -0.615. The molecule has 7 nitrogen and oxygen atoms in total. The molecule has 1 unspecified atom stereocenters. The van der Waals surface area contributed by atoms with E-state index in [1.165, 1.54) is 22.7 Å². The highest BCUT2D eigenvalue weighted by Crippen LogP contribution is 2.47. The fraction of sp³-hybridized carbons (Fsp3) is 0.438. The zero-order chi connectivity index (χ0) is 17.6. The number of nitrogens with zero attached hydrogens (tertiary/aromatic N) is 2. The molecule has 1 spiro atoms. The van der Waals surface area contributed by atoms with Crippen molar-refractivity contribution in [1.29, 1.82) is 0 Å². The maximum atomic E-state index is 14.7. The summed E-state index contributed by atoms with van der Waals surface area (Å²) in [6.45, 7) is 0.515. The normalized spacial score (nSPS) is 24.6. The molecular weight excluding hydrogens is 347 g/mol. The van der Waals surface area contributed by atoms with Crippen LogP contribution in [0.4, 0.5) is 14.9 Å². The average Bonchev–Trinajstić information content (AvgIpc) is 2.95. The Hall–Kier alpha value is -2.13. The maximum absolute atomic E-state index is 14.7. The number of thioether (sulfide) groups is 1. The minimum Gasteiger partial charge on any atom is -0.443 e. The van der Waals surface area contributed by atoms with E-state index in [-0.39, 0.29) is 18.6 Å². The number of anilines is 1. The molecule has 9 heteroatoms. The van der Waals surface area contributed by atoms with E-state index in [2.05, 4.69) is 10.5 Å². The molecular formula is C16H17FN4O3S. The zero-order valence-corrected chi connectivity index (χ0v) is 14.1. The second-order valence-electron chi connectivity index (χ2n) is 6.32. The molecule has 25 heavy (non-hydrogen) atoms. The predicted octanol–water partition coefficient (Wildman–Crippen LogP) is 1.56. The summed E-state index contributed by atoms with van der Waals surface area (Å²) >= 11 is 1.31. The summed E-state index contributed by atoms with van der Waals surface area (Å²) < 4.78 is 19.2. The molecule has 132 valence electrons. The number of rotatable bonds is 3. The van der Waals surface area contributed by atoms with Gasteiger partial charge in [-0.1, -0.05) is 11.8 Å². The van der Waals surface area contributed by atoms with Crippen LogP contribution >= 0.6 is 11.8 Å². The second kappa shape index (κ2) is 5.99. The molecule has 0 bridgehead atoms. The Kier molecular flexibility index (Phi) is 3.92. The van der Waals surface area contributed by atoms with Gasteiger partial charge in [0.15, 0.2) is 0 Å². The van der Waals surface area contributed by atoms with Crippen molar-refractivity contribution in [1.82, 2.24) is 5.43 Å². The summed E-state index contributed by atoms with van der Waals surface area (Å²) in [5, 5.41) is 4.46. The minimum atomic E-state index is -0.535. The molecule has 3 N–H and O–H groups in total. The first-order valence-corrected chi connectivity index (χ1v) is 8.89. The van der Waals surface area contributed by atoms with Gasteiger partial charge >= 0.3 is 6.09 Å². The van der Waals surface area contributed by atoms with Crippen molar-refractivity contribution in [2.24, 2.45) is 10.8 Å². The van der Waals surface area contributed by atoms with Crippen molar-refractivity contribution >= 4 is 34.5 Å². The Morgan fingerprint density at radius 1 is 1.44 bits per heavy atom. The predicted molar refractivity (Wildman–Crippen MR) is 91.9 cm³/mol. The van der Waals surface area contributed by atoms with Crippen molar-refractivity contribution in [3.63, 3.8) is 0 Å². The van der Waals surface area contributed by atoms with Crippen LogP contribution in [0.5, 0.6) is 0 Å². The van der Waals surface area contributed by atoms with Crippen LogP contribution in [0.15, 0.2) is 23.3 Å². The van der Waals surface area contributed by atoms with Gasteiger partial charge in [-0.15, -0.1) is 0 Å². The fourth-order valence-electron chi connectivity index (χ4n) is 3.10. The summed E-state index contributed by atoms with van der Waals surface area (Å²) in [5.41, 5.74) is 8.73. The van der Waals surface area contributed by atoms with Crippen LogP contribution in [0.1, 0.15) is 24.8 Å². The lowest BCUT2D eigenvalue weighted by Crippen LogP contribution is -2.51. The van der Waals surface area contributed by atoms with Gasteiger partial charge in [0.2, 0.25) is 0 Å². The number of hydrazone groups is 1. The van der Waals surface area contributed by atoms with Crippen LogP contribution < -0.4 is 16.1 Å². The second-order valence-corrected chi connectivity index (χ2v) is 7.70. The molecule has 2 fully saturated rings. The van der Waals surface area contributed by atoms with E-state index in [0.717, 1.165) is 19.3 Å². The van der Waals surface area contributed by atoms with Crippen molar-refractivity contribution < 1.29 is 18.7 Å². The van der Waals surface area contributed by atoms with Crippen LogP contribution in [0.3, 0.4) is 0 Å². The van der Waals surface area contributed by atoms with Gasteiger partial charge in [0.25, 0.3) is 5.91 Å². The molecule has 1 aromatic rings. The first-order chi connectivity index (χ1) is 12.0. The fourth-order valence-corrected chi connectivity index (χ4v) is 4.47. The van der Waals surface area contributed by atoms with E-state index in [1.54, 1.807) is 12.1 Å². The Labute approximate surface area is 147 Å². The number of nitrogens with one attached hydrogen (secondary N) is 1. The summed E-state index contributed by atoms with van der Waals surface area (Å²) in [6, 6.07) is 4.50. The van der Waals surface area contributed by atoms with Crippen LogP contribution in [-0.2, 0) is 9.53 Å². The Balaban J connectivity index is 1.59. The summed E-state index contributed by atoms with van der Waals surface area (Å²) in [7, 11) is 0. The Morgan fingerprint density at radius 3 is 2.84 bits per heavy atom. The van der Waals surface area contributed by atoms with Crippen LogP contribution in [0.25, 0.3) is 0 Å². The van der Waals surface area contributed by atoms with Crippen molar-refractivity contribution in [3.8, 4) is 0 Å². The molecule has 1 aliphatic carbocycles. The number of halogens is 1. The van der Waals surface area contributed by atoms with E-state index in [1.807, 2.05) is 0 Å². The lowest BCUT2D eigenvalue weighted by atomic mass is 9.83. The van der Waals surface area contributed by atoms with Gasteiger partial charge in [-0.3, -0.25) is 9.69 Å². The highest BCUT2D eigenvalue weighted by atomic mass is 32.2. The monoisotopic (exact) mass is 364 g/mol. The first kappa shape index (κ1) is 16.3. The van der Waals surface area contributed by atoms with Crippen LogP contribution in [-0.4, -0.2) is 41.0 Å². The van der Waals surface area contributed by atoms with E-state index in [9.17, 15) is 14.0 Å². The molecule has 0 aromatic heterocycles. The number of carbonyl (C=O) groups is 2. The van der Waals surface area contributed by atoms with Gasteiger partial charge in [-0.05, 0) is 37.5 Å². The third-order valence-electron chi connectivity index (χ3n) is 4.76. The molecule has 1 atom stereocenters. The maximum Gasteiger partial charge on any atom is 0.414 e. The zero-order valence-electron chi connectivity index (χ0n) is 13.3. The molecule has 1 aromatic carbocycles. The highest BCUT2D eigenvalue weighted by molar-refractivity contribution is 8.16. The molecule has 1 saturated carbocycles. The standard InChI is InChI=1S/C16H17FN4O3S/c17-12-6-9(21-8-10(7-18)24-15(21)23)2-3-11(12)13-19-20-14(22)16(25-13)4-1-5-16/h2-3,6,10H,1,4-5,7-8,18H2,(H,20,22). The smallest absolute Gasteiger partial charge is 0.414 e. The van der Waals surface area contributed by atoms with E-state index < -0.39 is 16.7 Å².